The number of aromatic carboxylic acids is 1. The molecule has 1 aromatic heterocycles. The minimum atomic E-state index is -1.04. The maximum Gasteiger partial charge on any atom is 0.356 e. The van der Waals surface area contributed by atoms with E-state index in [1.165, 1.54) is 12.6 Å². The number of aromatic nitrogens is 2. The fraction of sp³-hybridized carbons (Fsp3) is 0.583. The lowest BCUT2D eigenvalue weighted by Crippen LogP contribution is -2.40. The van der Waals surface area contributed by atoms with Crippen molar-refractivity contribution in [2.45, 2.75) is 26.7 Å². The van der Waals surface area contributed by atoms with E-state index in [4.69, 9.17) is 5.11 Å². The first-order valence-electron chi connectivity index (χ1n) is 5.78. The Labute approximate surface area is 100 Å². The van der Waals surface area contributed by atoms with E-state index in [-0.39, 0.29) is 11.1 Å². The SMILES string of the molecule is CC1(C)CCCN(c2cnc(C(=O)O)cn2)C1. The molecule has 0 aromatic carbocycles. The lowest BCUT2D eigenvalue weighted by atomic mass is 9.84. The molecule has 5 nitrogen and oxygen atoms in total. The maximum atomic E-state index is 10.7. The third kappa shape index (κ3) is 2.72. The van der Waals surface area contributed by atoms with Crippen LogP contribution in [-0.2, 0) is 0 Å². The van der Waals surface area contributed by atoms with Gasteiger partial charge in [0.15, 0.2) is 5.69 Å². The predicted molar refractivity (Wildman–Crippen MR) is 64.2 cm³/mol. The summed E-state index contributed by atoms with van der Waals surface area (Å²) in [5.41, 5.74) is 0.274. The van der Waals surface area contributed by atoms with Crippen molar-refractivity contribution >= 4 is 11.8 Å². The molecule has 0 unspecified atom stereocenters. The van der Waals surface area contributed by atoms with Crippen LogP contribution >= 0.6 is 0 Å². The maximum absolute atomic E-state index is 10.7. The molecular weight excluding hydrogens is 218 g/mol. The molecule has 0 radical (unpaired) electrons. The van der Waals surface area contributed by atoms with Crippen LogP contribution in [0.1, 0.15) is 37.2 Å². The average molecular weight is 235 g/mol. The average Bonchev–Trinajstić information content (AvgIpc) is 2.28. The third-order valence-corrected chi connectivity index (χ3v) is 3.08. The monoisotopic (exact) mass is 235 g/mol. The summed E-state index contributed by atoms with van der Waals surface area (Å²) in [6.07, 6.45) is 5.21. The molecule has 1 aliphatic rings. The number of carboxylic acid groups (broad SMARTS) is 1. The summed E-state index contributed by atoms with van der Waals surface area (Å²) in [7, 11) is 0. The summed E-state index contributed by atoms with van der Waals surface area (Å²) in [4.78, 5) is 20.9. The molecule has 0 saturated carbocycles. The highest BCUT2D eigenvalue weighted by molar-refractivity contribution is 5.84. The van der Waals surface area contributed by atoms with Crippen LogP contribution in [-0.4, -0.2) is 34.1 Å². The third-order valence-electron chi connectivity index (χ3n) is 3.08. The van der Waals surface area contributed by atoms with Gasteiger partial charge in [-0.3, -0.25) is 0 Å². The van der Waals surface area contributed by atoms with Crippen molar-refractivity contribution in [2.75, 3.05) is 18.0 Å². The zero-order chi connectivity index (χ0) is 12.5. The molecule has 2 rings (SSSR count). The van der Waals surface area contributed by atoms with E-state index in [9.17, 15) is 4.79 Å². The van der Waals surface area contributed by atoms with Crippen molar-refractivity contribution in [1.82, 2.24) is 9.97 Å². The number of rotatable bonds is 2. The van der Waals surface area contributed by atoms with Crippen LogP contribution in [0.25, 0.3) is 0 Å². The van der Waals surface area contributed by atoms with Gasteiger partial charge < -0.3 is 10.0 Å². The van der Waals surface area contributed by atoms with E-state index >= 15 is 0 Å². The molecule has 0 spiro atoms. The molecule has 5 heteroatoms. The van der Waals surface area contributed by atoms with E-state index in [0.29, 0.717) is 0 Å². The van der Waals surface area contributed by atoms with Gasteiger partial charge in [-0.2, -0.15) is 0 Å². The highest BCUT2D eigenvalue weighted by Crippen LogP contribution is 2.30. The lowest BCUT2D eigenvalue weighted by molar-refractivity contribution is 0.0690. The van der Waals surface area contributed by atoms with Gasteiger partial charge in [-0.05, 0) is 18.3 Å². The zero-order valence-corrected chi connectivity index (χ0v) is 10.2. The highest BCUT2D eigenvalue weighted by atomic mass is 16.4. The first-order valence-corrected chi connectivity index (χ1v) is 5.78. The van der Waals surface area contributed by atoms with Crippen molar-refractivity contribution in [3.8, 4) is 0 Å². The summed E-state index contributed by atoms with van der Waals surface area (Å²) < 4.78 is 0. The normalized spacial score (nSPS) is 19.1. The molecular formula is C12H17N3O2. The number of carboxylic acids is 1. The Hall–Kier alpha value is -1.65. The van der Waals surface area contributed by atoms with Crippen molar-refractivity contribution < 1.29 is 9.90 Å². The predicted octanol–water partition coefficient (Wildman–Crippen LogP) is 1.80. The molecule has 1 saturated heterocycles. The Kier molecular flexibility index (Phi) is 3.00. The summed E-state index contributed by atoms with van der Waals surface area (Å²) in [6, 6.07) is 0. The van der Waals surface area contributed by atoms with Gasteiger partial charge in [0.1, 0.15) is 5.82 Å². The fourth-order valence-electron chi connectivity index (χ4n) is 2.21. The molecule has 1 N–H and O–H groups in total. The fourth-order valence-corrected chi connectivity index (χ4v) is 2.21. The van der Waals surface area contributed by atoms with Gasteiger partial charge >= 0.3 is 5.97 Å². The molecule has 17 heavy (non-hydrogen) atoms. The number of piperidine rings is 1. The van der Waals surface area contributed by atoms with E-state index in [0.717, 1.165) is 25.3 Å². The van der Waals surface area contributed by atoms with Gasteiger partial charge in [-0.15, -0.1) is 0 Å². The van der Waals surface area contributed by atoms with Crippen LogP contribution < -0.4 is 4.90 Å². The Bertz CT molecular complexity index is 414. The second-order valence-electron chi connectivity index (χ2n) is 5.25. The van der Waals surface area contributed by atoms with Crippen LogP contribution in [0.5, 0.6) is 0 Å². The zero-order valence-electron chi connectivity index (χ0n) is 10.2. The molecule has 1 aromatic rings. The van der Waals surface area contributed by atoms with Gasteiger partial charge in [0, 0.05) is 13.1 Å². The molecule has 0 bridgehead atoms. The van der Waals surface area contributed by atoms with E-state index in [2.05, 4.69) is 28.7 Å². The highest BCUT2D eigenvalue weighted by Gasteiger charge is 2.27. The quantitative estimate of drug-likeness (QED) is 0.846. The number of anilines is 1. The van der Waals surface area contributed by atoms with Gasteiger partial charge in [0.2, 0.25) is 0 Å². The Morgan fingerprint density at radius 1 is 1.41 bits per heavy atom. The Morgan fingerprint density at radius 3 is 2.71 bits per heavy atom. The van der Waals surface area contributed by atoms with Crippen LogP contribution in [0.2, 0.25) is 0 Å². The van der Waals surface area contributed by atoms with Crippen LogP contribution in [0, 0.1) is 5.41 Å². The molecule has 1 fully saturated rings. The van der Waals surface area contributed by atoms with E-state index in [1.54, 1.807) is 6.20 Å². The van der Waals surface area contributed by atoms with Crippen molar-refractivity contribution in [3.63, 3.8) is 0 Å². The van der Waals surface area contributed by atoms with Crippen LogP contribution in [0.4, 0.5) is 5.82 Å². The number of hydrogen-bond acceptors (Lipinski definition) is 4. The van der Waals surface area contributed by atoms with Crippen molar-refractivity contribution in [1.29, 1.82) is 0 Å². The van der Waals surface area contributed by atoms with Gasteiger partial charge in [0.05, 0.1) is 12.4 Å². The van der Waals surface area contributed by atoms with Gasteiger partial charge in [-0.25, -0.2) is 14.8 Å². The lowest BCUT2D eigenvalue weighted by Gasteiger charge is -2.38. The smallest absolute Gasteiger partial charge is 0.356 e. The van der Waals surface area contributed by atoms with E-state index in [1.807, 2.05) is 0 Å². The minimum absolute atomic E-state index is 0.00924. The Balaban J connectivity index is 2.14. The molecule has 92 valence electrons. The molecule has 0 atom stereocenters. The molecule has 1 aliphatic heterocycles. The molecule has 0 amide bonds. The van der Waals surface area contributed by atoms with Crippen molar-refractivity contribution in [3.05, 3.63) is 18.1 Å². The second-order valence-corrected chi connectivity index (χ2v) is 5.25. The van der Waals surface area contributed by atoms with Gasteiger partial charge in [0.25, 0.3) is 0 Å². The van der Waals surface area contributed by atoms with Gasteiger partial charge in [-0.1, -0.05) is 13.8 Å². The summed E-state index contributed by atoms with van der Waals surface area (Å²) in [5.74, 6) is -0.272. The van der Waals surface area contributed by atoms with Crippen LogP contribution in [0.3, 0.4) is 0 Å². The number of carbonyl (C=O) groups is 1. The first kappa shape index (κ1) is 11.8. The van der Waals surface area contributed by atoms with E-state index < -0.39 is 5.97 Å². The largest absolute Gasteiger partial charge is 0.476 e. The summed E-state index contributed by atoms with van der Waals surface area (Å²) in [6.45, 7) is 6.37. The first-order chi connectivity index (χ1) is 7.98. The number of nitrogens with zero attached hydrogens (tertiary/aromatic N) is 3. The Morgan fingerprint density at radius 2 is 2.18 bits per heavy atom. The summed E-state index contributed by atoms with van der Waals surface area (Å²) in [5, 5.41) is 8.75. The molecule has 2 heterocycles. The minimum Gasteiger partial charge on any atom is -0.476 e. The van der Waals surface area contributed by atoms with Crippen LogP contribution in [0.15, 0.2) is 12.4 Å². The number of hydrogen-bond donors (Lipinski definition) is 1. The topological polar surface area (TPSA) is 66.3 Å². The van der Waals surface area contributed by atoms with Crippen molar-refractivity contribution in [2.24, 2.45) is 5.41 Å². The summed E-state index contributed by atoms with van der Waals surface area (Å²) >= 11 is 0. The molecule has 0 aliphatic carbocycles. The second kappa shape index (κ2) is 4.31. The standard InChI is InChI=1S/C12H17N3O2/c1-12(2)4-3-5-15(8-12)10-7-13-9(6-14-10)11(16)17/h6-7H,3-5,8H2,1-2H3,(H,16,17).